The Bertz CT molecular complexity index is 260. The summed E-state index contributed by atoms with van der Waals surface area (Å²) in [7, 11) is 3.65. The number of carbonyl (C=O) groups is 1. The Balaban J connectivity index is 2.01. The van der Waals surface area contributed by atoms with Gasteiger partial charge in [-0.2, -0.15) is 0 Å². The molecule has 1 N–H and O–H groups in total. The van der Waals surface area contributed by atoms with E-state index in [1.165, 1.54) is 38.5 Å². The van der Waals surface area contributed by atoms with Crippen molar-refractivity contribution in [3.05, 3.63) is 0 Å². The summed E-state index contributed by atoms with van der Waals surface area (Å²) in [5.74, 6) is 0. The summed E-state index contributed by atoms with van der Waals surface area (Å²) in [6, 6.07) is 0.760. The molecule has 1 heterocycles. The lowest BCUT2D eigenvalue weighted by Gasteiger charge is -2.34. The molecule has 20 heavy (non-hydrogen) atoms. The predicted octanol–water partition coefficient (Wildman–Crippen LogP) is 3.08. The molecule has 0 aromatic rings. The lowest BCUT2D eigenvalue weighted by atomic mass is 10.0. The standard InChI is InChI=1S/C16H33N3O/c1-4-5-6-7-8-9-12-17-15-10-13-19(14-11-15)16(20)18(2)3/h15,17H,4-14H2,1-3H3. The lowest BCUT2D eigenvalue weighted by Crippen LogP contribution is -2.48. The number of hydrogen-bond acceptors (Lipinski definition) is 2. The van der Waals surface area contributed by atoms with Gasteiger partial charge in [0.25, 0.3) is 0 Å². The molecule has 118 valence electrons. The van der Waals surface area contributed by atoms with Crippen LogP contribution in [0.15, 0.2) is 0 Å². The van der Waals surface area contributed by atoms with E-state index >= 15 is 0 Å². The van der Waals surface area contributed by atoms with E-state index in [1.807, 2.05) is 19.0 Å². The van der Waals surface area contributed by atoms with E-state index in [9.17, 15) is 4.79 Å². The topological polar surface area (TPSA) is 35.6 Å². The first-order chi connectivity index (χ1) is 9.65. The molecule has 1 saturated heterocycles. The molecule has 1 aliphatic heterocycles. The van der Waals surface area contributed by atoms with Crippen LogP contribution in [0.5, 0.6) is 0 Å². The van der Waals surface area contributed by atoms with Gasteiger partial charge in [-0.05, 0) is 25.8 Å². The van der Waals surface area contributed by atoms with Crippen LogP contribution >= 0.6 is 0 Å². The Morgan fingerprint density at radius 1 is 1.10 bits per heavy atom. The number of carbonyl (C=O) groups excluding carboxylic acids is 1. The normalized spacial score (nSPS) is 16.4. The molecule has 1 fully saturated rings. The van der Waals surface area contributed by atoms with Crippen LogP contribution in [-0.2, 0) is 0 Å². The number of hydrogen-bond donors (Lipinski definition) is 1. The van der Waals surface area contributed by atoms with Crippen LogP contribution in [0, 0.1) is 0 Å². The van der Waals surface area contributed by atoms with Gasteiger partial charge in [-0.1, -0.05) is 39.0 Å². The largest absolute Gasteiger partial charge is 0.331 e. The Hall–Kier alpha value is -0.770. The van der Waals surface area contributed by atoms with Crippen LogP contribution in [0.4, 0.5) is 4.79 Å². The highest BCUT2D eigenvalue weighted by Gasteiger charge is 2.22. The monoisotopic (exact) mass is 283 g/mol. The molecule has 0 aliphatic carbocycles. The van der Waals surface area contributed by atoms with Crippen LogP contribution < -0.4 is 5.32 Å². The zero-order chi connectivity index (χ0) is 14.8. The highest BCUT2D eigenvalue weighted by Crippen LogP contribution is 2.12. The third-order valence-corrected chi connectivity index (χ3v) is 4.11. The van der Waals surface area contributed by atoms with Crippen LogP contribution in [0.25, 0.3) is 0 Å². The van der Waals surface area contributed by atoms with E-state index in [-0.39, 0.29) is 6.03 Å². The van der Waals surface area contributed by atoms with Crippen LogP contribution in [0.2, 0.25) is 0 Å². The Labute approximate surface area is 124 Å². The maximum absolute atomic E-state index is 11.8. The molecular weight excluding hydrogens is 250 g/mol. The predicted molar refractivity (Wildman–Crippen MR) is 85.1 cm³/mol. The van der Waals surface area contributed by atoms with Gasteiger partial charge in [-0.25, -0.2) is 4.79 Å². The smallest absolute Gasteiger partial charge is 0.319 e. The minimum absolute atomic E-state index is 0.152. The molecule has 0 atom stereocenters. The summed E-state index contributed by atoms with van der Waals surface area (Å²) in [5, 5.41) is 3.65. The van der Waals surface area contributed by atoms with Gasteiger partial charge in [-0.15, -0.1) is 0 Å². The van der Waals surface area contributed by atoms with Crippen LogP contribution in [0.1, 0.15) is 58.3 Å². The average Bonchev–Trinajstić information content (AvgIpc) is 2.46. The minimum atomic E-state index is 0.152. The highest BCUT2D eigenvalue weighted by atomic mass is 16.2. The maximum atomic E-state index is 11.8. The van der Waals surface area contributed by atoms with Crippen LogP contribution in [0.3, 0.4) is 0 Å². The Morgan fingerprint density at radius 3 is 2.30 bits per heavy atom. The van der Waals surface area contributed by atoms with E-state index in [1.54, 1.807) is 4.90 Å². The number of piperidine rings is 1. The van der Waals surface area contributed by atoms with Gasteiger partial charge in [0.15, 0.2) is 0 Å². The van der Waals surface area contributed by atoms with Crippen molar-refractivity contribution in [3.63, 3.8) is 0 Å². The Kier molecular flexibility index (Phi) is 8.67. The van der Waals surface area contributed by atoms with Crippen molar-refractivity contribution in [2.45, 2.75) is 64.3 Å². The van der Waals surface area contributed by atoms with Gasteiger partial charge in [0.1, 0.15) is 0 Å². The lowest BCUT2D eigenvalue weighted by molar-refractivity contribution is 0.152. The van der Waals surface area contributed by atoms with Gasteiger partial charge in [0.05, 0.1) is 0 Å². The van der Waals surface area contributed by atoms with E-state index in [0.717, 1.165) is 32.5 Å². The average molecular weight is 283 g/mol. The first-order valence-electron chi connectivity index (χ1n) is 8.34. The van der Waals surface area contributed by atoms with Crippen LogP contribution in [-0.4, -0.2) is 55.6 Å². The number of amides is 2. The summed E-state index contributed by atoms with van der Waals surface area (Å²) in [6.07, 6.45) is 10.3. The van der Waals surface area contributed by atoms with Crippen molar-refractivity contribution < 1.29 is 4.79 Å². The summed E-state index contributed by atoms with van der Waals surface area (Å²) < 4.78 is 0. The zero-order valence-electron chi connectivity index (χ0n) is 13.7. The van der Waals surface area contributed by atoms with Crippen molar-refractivity contribution in [1.29, 1.82) is 0 Å². The van der Waals surface area contributed by atoms with Gasteiger partial charge in [0, 0.05) is 33.2 Å². The minimum Gasteiger partial charge on any atom is -0.331 e. The van der Waals surface area contributed by atoms with E-state index in [0.29, 0.717) is 6.04 Å². The first-order valence-corrected chi connectivity index (χ1v) is 8.34. The number of likely N-dealkylation sites (tertiary alicyclic amines) is 1. The van der Waals surface area contributed by atoms with Crippen molar-refractivity contribution >= 4 is 6.03 Å². The third kappa shape index (κ3) is 6.60. The molecule has 0 bridgehead atoms. The molecule has 0 saturated carbocycles. The molecule has 0 aromatic carbocycles. The summed E-state index contributed by atoms with van der Waals surface area (Å²) >= 11 is 0. The van der Waals surface area contributed by atoms with Gasteiger partial charge in [-0.3, -0.25) is 0 Å². The maximum Gasteiger partial charge on any atom is 0.319 e. The van der Waals surface area contributed by atoms with Crippen molar-refractivity contribution in [3.8, 4) is 0 Å². The van der Waals surface area contributed by atoms with Crippen molar-refractivity contribution in [2.24, 2.45) is 0 Å². The Morgan fingerprint density at radius 2 is 1.70 bits per heavy atom. The fraction of sp³-hybridized carbons (Fsp3) is 0.938. The third-order valence-electron chi connectivity index (χ3n) is 4.11. The molecule has 0 radical (unpaired) electrons. The highest BCUT2D eigenvalue weighted by molar-refractivity contribution is 5.73. The fourth-order valence-electron chi connectivity index (χ4n) is 2.77. The van der Waals surface area contributed by atoms with E-state index in [2.05, 4.69) is 12.2 Å². The SMILES string of the molecule is CCCCCCCCNC1CCN(C(=O)N(C)C)CC1. The first kappa shape index (κ1) is 17.3. The number of rotatable bonds is 8. The second-order valence-electron chi connectivity index (χ2n) is 6.16. The number of urea groups is 1. The van der Waals surface area contributed by atoms with E-state index in [4.69, 9.17) is 0 Å². The molecule has 4 heteroatoms. The van der Waals surface area contributed by atoms with Gasteiger partial charge < -0.3 is 15.1 Å². The van der Waals surface area contributed by atoms with Crippen molar-refractivity contribution in [2.75, 3.05) is 33.7 Å². The van der Waals surface area contributed by atoms with Gasteiger partial charge in [0.2, 0.25) is 0 Å². The number of nitrogens with one attached hydrogen (secondary N) is 1. The molecule has 1 rings (SSSR count). The summed E-state index contributed by atoms with van der Waals surface area (Å²) in [6.45, 7) is 5.18. The second kappa shape index (κ2) is 10.0. The molecule has 0 spiro atoms. The second-order valence-corrected chi connectivity index (χ2v) is 6.16. The summed E-state index contributed by atoms with van der Waals surface area (Å²) in [4.78, 5) is 15.5. The van der Waals surface area contributed by atoms with Crippen molar-refractivity contribution in [1.82, 2.24) is 15.1 Å². The number of nitrogens with zero attached hydrogens (tertiary/aromatic N) is 2. The molecule has 4 nitrogen and oxygen atoms in total. The molecule has 1 aliphatic rings. The molecule has 2 amide bonds. The van der Waals surface area contributed by atoms with Gasteiger partial charge >= 0.3 is 6.03 Å². The van der Waals surface area contributed by atoms with E-state index < -0.39 is 0 Å². The molecule has 0 aromatic heterocycles. The summed E-state index contributed by atoms with van der Waals surface area (Å²) in [5.41, 5.74) is 0. The molecule has 0 unspecified atom stereocenters. The number of unbranched alkanes of at least 4 members (excludes halogenated alkanes) is 5. The fourth-order valence-corrected chi connectivity index (χ4v) is 2.77. The molecular formula is C16H33N3O. The quantitative estimate of drug-likeness (QED) is 0.695. The zero-order valence-corrected chi connectivity index (χ0v) is 13.7.